The Hall–Kier alpha value is -1.71. The van der Waals surface area contributed by atoms with Gasteiger partial charge in [0, 0.05) is 23.1 Å². The Morgan fingerprint density at radius 3 is 2.76 bits per heavy atom. The highest BCUT2D eigenvalue weighted by molar-refractivity contribution is 5.82. The van der Waals surface area contributed by atoms with Gasteiger partial charge < -0.3 is 15.8 Å². The number of rotatable bonds is 3. The zero-order chi connectivity index (χ0) is 15.8. The number of nitrogens with two attached hydrogens (primary N) is 1. The van der Waals surface area contributed by atoms with E-state index in [0.29, 0.717) is 5.69 Å². The van der Waals surface area contributed by atoms with E-state index in [-0.39, 0.29) is 23.0 Å². The van der Waals surface area contributed by atoms with Gasteiger partial charge in [-0.1, -0.05) is 20.8 Å². The van der Waals surface area contributed by atoms with E-state index >= 15 is 0 Å². The molecule has 116 valence electrons. The first-order valence-corrected chi connectivity index (χ1v) is 7.54. The maximum absolute atomic E-state index is 12.5. The summed E-state index contributed by atoms with van der Waals surface area (Å²) in [6, 6.07) is 5.55. The molecule has 0 radical (unpaired) electrons. The molecule has 1 aliphatic rings. The fraction of sp³-hybridized carbons (Fsp3) is 0.588. The van der Waals surface area contributed by atoms with E-state index in [1.807, 2.05) is 52.8 Å². The van der Waals surface area contributed by atoms with Crippen molar-refractivity contribution < 1.29 is 9.53 Å². The van der Waals surface area contributed by atoms with Gasteiger partial charge in [-0.3, -0.25) is 4.79 Å². The molecule has 1 atom stereocenters. The minimum atomic E-state index is -0.372. The van der Waals surface area contributed by atoms with Crippen molar-refractivity contribution in [1.29, 1.82) is 0 Å². The number of fused-ring (bicyclic) bond motifs is 1. The van der Waals surface area contributed by atoms with Crippen LogP contribution in [0.3, 0.4) is 0 Å². The number of hydrogen-bond acceptors (Lipinski definition) is 3. The van der Waals surface area contributed by atoms with Crippen molar-refractivity contribution in [2.75, 3.05) is 5.73 Å². The highest BCUT2D eigenvalue weighted by atomic mass is 16.5. The number of amides is 1. The van der Waals surface area contributed by atoms with Crippen LogP contribution in [0.2, 0.25) is 0 Å². The van der Waals surface area contributed by atoms with Gasteiger partial charge in [-0.15, -0.1) is 0 Å². The molecule has 1 amide bonds. The lowest BCUT2D eigenvalue weighted by molar-refractivity contribution is -0.130. The first-order chi connectivity index (χ1) is 9.64. The largest absolute Gasteiger partial charge is 0.487 e. The van der Waals surface area contributed by atoms with Crippen LogP contribution in [0.25, 0.3) is 0 Å². The molecule has 0 saturated carbocycles. The summed E-state index contributed by atoms with van der Waals surface area (Å²) in [7, 11) is 0. The second-order valence-electron chi connectivity index (χ2n) is 7.13. The fourth-order valence-corrected chi connectivity index (χ4v) is 2.52. The summed E-state index contributed by atoms with van der Waals surface area (Å²) in [5.41, 5.74) is 6.86. The molecule has 1 aromatic rings. The number of nitrogen functional groups attached to an aromatic ring is 1. The molecule has 1 heterocycles. The zero-order valence-corrected chi connectivity index (χ0v) is 13.6. The van der Waals surface area contributed by atoms with Gasteiger partial charge in [-0.2, -0.15) is 0 Å². The quantitative estimate of drug-likeness (QED) is 0.838. The predicted octanol–water partition coefficient (Wildman–Crippen LogP) is 3.42. The monoisotopic (exact) mass is 290 g/mol. The minimum absolute atomic E-state index is 0.0643. The highest BCUT2D eigenvalue weighted by Crippen LogP contribution is 2.40. The summed E-state index contributed by atoms with van der Waals surface area (Å²) >= 11 is 0. The van der Waals surface area contributed by atoms with Crippen LogP contribution in [0.4, 0.5) is 5.69 Å². The first-order valence-electron chi connectivity index (χ1n) is 7.54. The van der Waals surface area contributed by atoms with Gasteiger partial charge in [0.2, 0.25) is 5.91 Å². The Morgan fingerprint density at radius 1 is 1.48 bits per heavy atom. The average Bonchev–Trinajstić information content (AvgIpc) is 2.38. The predicted molar refractivity (Wildman–Crippen MR) is 85.1 cm³/mol. The summed E-state index contributed by atoms with van der Waals surface area (Å²) in [5, 5.41) is 3.17. The van der Waals surface area contributed by atoms with Crippen LogP contribution >= 0.6 is 0 Å². The van der Waals surface area contributed by atoms with Crippen molar-refractivity contribution in [3.05, 3.63) is 23.8 Å². The molecule has 4 heteroatoms. The summed E-state index contributed by atoms with van der Waals surface area (Å²) in [6.07, 6.45) is 1.53. The summed E-state index contributed by atoms with van der Waals surface area (Å²) < 4.78 is 5.99. The molecule has 0 bridgehead atoms. The molecule has 0 aliphatic carbocycles. The molecule has 2 rings (SSSR count). The van der Waals surface area contributed by atoms with Gasteiger partial charge in [0.1, 0.15) is 11.4 Å². The van der Waals surface area contributed by atoms with Gasteiger partial charge in [-0.05, 0) is 38.5 Å². The maximum atomic E-state index is 12.5. The minimum Gasteiger partial charge on any atom is -0.487 e. The Kier molecular flexibility index (Phi) is 3.91. The number of anilines is 1. The van der Waals surface area contributed by atoms with E-state index in [4.69, 9.17) is 10.5 Å². The van der Waals surface area contributed by atoms with Crippen LogP contribution in [-0.2, 0) is 4.79 Å². The van der Waals surface area contributed by atoms with Crippen molar-refractivity contribution in [2.45, 2.75) is 59.1 Å². The second kappa shape index (κ2) is 5.24. The van der Waals surface area contributed by atoms with Crippen molar-refractivity contribution in [3.63, 3.8) is 0 Å². The maximum Gasteiger partial charge on any atom is 0.226 e. The van der Waals surface area contributed by atoms with Crippen LogP contribution in [0, 0.1) is 5.41 Å². The Morgan fingerprint density at radius 2 is 2.14 bits per heavy atom. The number of nitrogens with one attached hydrogen (secondary N) is 1. The van der Waals surface area contributed by atoms with Crippen molar-refractivity contribution in [2.24, 2.45) is 5.41 Å². The van der Waals surface area contributed by atoms with Crippen molar-refractivity contribution in [3.8, 4) is 5.75 Å². The van der Waals surface area contributed by atoms with Gasteiger partial charge >= 0.3 is 0 Å². The lowest BCUT2D eigenvalue weighted by atomic mass is 9.86. The molecule has 1 aromatic carbocycles. The first kappa shape index (κ1) is 15.7. The highest BCUT2D eigenvalue weighted by Gasteiger charge is 2.36. The van der Waals surface area contributed by atoms with Gasteiger partial charge in [0.05, 0.1) is 6.04 Å². The van der Waals surface area contributed by atoms with E-state index in [2.05, 4.69) is 5.32 Å². The third kappa shape index (κ3) is 3.31. The Balaban J connectivity index is 2.31. The number of hydrogen-bond donors (Lipinski definition) is 2. The number of carbonyl (C=O) groups is 1. The smallest absolute Gasteiger partial charge is 0.226 e. The van der Waals surface area contributed by atoms with E-state index < -0.39 is 0 Å². The lowest BCUT2D eigenvalue weighted by Crippen LogP contribution is -2.44. The standard InChI is InChI=1S/C17H26N2O2/c1-6-16(2,3)15(20)19-13-10-17(4,5)21-14-8-7-11(18)9-12(13)14/h7-9,13H,6,10,18H2,1-5H3,(H,19,20). The van der Waals surface area contributed by atoms with E-state index in [1.165, 1.54) is 0 Å². The molecule has 0 fully saturated rings. The lowest BCUT2D eigenvalue weighted by Gasteiger charge is -2.39. The van der Waals surface area contributed by atoms with Crippen LogP contribution in [-0.4, -0.2) is 11.5 Å². The molecule has 4 nitrogen and oxygen atoms in total. The summed E-state index contributed by atoms with van der Waals surface area (Å²) in [5.74, 6) is 0.876. The topological polar surface area (TPSA) is 64.3 Å². The van der Waals surface area contributed by atoms with Crippen molar-refractivity contribution in [1.82, 2.24) is 5.32 Å². The Labute approximate surface area is 127 Å². The third-order valence-corrected chi connectivity index (χ3v) is 4.30. The van der Waals surface area contributed by atoms with Crippen LogP contribution in [0.1, 0.15) is 59.1 Å². The fourth-order valence-electron chi connectivity index (χ4n) is 2.52. The van der Waals surface area contributed by atoms with Gasteiger partial charge in [0.15, 0.2) is 0 Å². The summed E-state index contributed by atoms with van der Waals surface area (Å²) in [4.78, 5) is 12.5. The molecular formula is C17H26N2O2. The van der Waals surface area contributed by atoms with E-state index in [0.717, 1.165) is 24.2 Å². The molecule has 21 heavy (non-hydrogen) atoms. The third-order valence-electron chi connectivity index (χ3n) is 4.30. The molecule has 3 N–H and O–H groups in total. The SMILES string of the molecule is CCC(C)(C)C(=O)NC1CC(C)(C)Oc2ccc(N)cc21. The van der Waals surface area contributed by atoms with Crippen LogP contribution < -0.4 is 15.8 Å². The van der Waals surface area contributed by atoms with Gasteiger partial charge in [0.25, 0.3) is 0 Å². The Bertz CT molecular complexity index is 550. The second-order valence-corrected chi connectivity index (χ2v) is 7.13. The number of carbonyl (C=O) groups excluding carboxylic acids is 1. The van der Waals surface area contributed by atoms with E-state index in [1.54, 1.807) is 0 Å². The van der Waals surface area contributed by atoms with E-state index in [9.17, 15) is 4.79 Å². The summed E-state index contributed by atoms with van der Waals surface area (Å²) in [6.45, 7) is 10.0. The molecular weight excluding hydrogens is 264 g/mol. The van der Waals surface area contributed by atoms with Crippen molar-refractivity contribution >= 4 is 11.6 Å². The molecule has 1 unspecified atom stereocenters. The molecule has 0 aromatic heterocycles. The zero-order valence-electron chi connectivity index (χ0n) is 13.6. The average molecular weight is 290 g/mol. The number of benzene rings is 1. The normalized spacial score (nSPS) is 20.3. The van der Waals surface area contributed by atoms with Crippen LogP contribution in [0.15, 0.2) is 18.2 Å². The molecule has 0 saturated heterocycles. The van der Waals surface area contributed by atoms with Gasteiger partial charge in [-0.25, -0.2) is 0 Å². The molecule has 1 aliphatic heterocycles. The molecule has 0 spiro atoms. The van der Waals surface area contributed by atoms with Crippen LogP contribution in [0.5, 0.6) is 5.75 Å². The number of ether oxygens (including phenoxy) is 1.